The summed E-state index contributed by atoms with van der Waals surface area (Å²) in [5.41, 5.74) is 42.2. The minimum Gasteiger partial charge on any atom is -0.480 e. The molecule has 0 aliphatic carbocycles. The second-order valence-electron chi connectivity index (χ2n) is 31.9. The molecule has 29 N–H and O–H groups in total. The highest BCUT2D eigenvalue weighted by molar-refractivity contribution is 6.02. The van der Waals surface area contributed by atoms with E-state index in [9.17, 15) is 77.3 Å². The number of amides is 15. The van der Waals surface area contributed by atoms with Crippen LogP contribution in [-0.2, 0) is 96.0 Å². The number of aliphatic carboxylic acids is 1. The lowest BCUT2D eigenvalue weighted by Crippen LogP contribution is -2.61. The zero-order valence-corrected chi connectivity index (χ0v) is 72.5. The van der Waals surface area contributed by atoms with E-state index in [0.29, 0.717) is 85.5 Å². The van der Waals surface area contributed by atoms with E-state index < -0.39 is 211 Å². The summed E-state index contributed by atoms with van der Waals surface area (Å²) in [6.45, 7) is 7.50. The number of nitrogens with two attached hydrogens (primary N) is 7. The van der Waals surface area contributed by atoms with Gasteiger partial charge in [-0.1, -0.05) is 156 Å². The highest BCUT2D eigenvalue weighted by atomic mass is 16.4. The fourth-order valence-corrected chi connectivity index (χ4v) is 14.0. The first kappa shape index (κ1) is 104. The van der Waals surface area contributed by atoms with Crippen LogP contribution in [0.4, 0.5) is 0 Å². The summed E-state index contributed by atoms with van der Waals surface area (Å²) in [4.78, 5) is 224. The Balaban J connectivity index is 1.41. The van der Waals surface area contributed by atoms with Crippen molar-refractivity contribution >= 4 is 116 Å². The average Bonchev–Trinajstić information content (AvgIpc) is 0.812. The summed E-state index contributed by atoms with van der Waals surface area (Å²) in [6, 6.07) is 14.1. The van der Waals surface area contributed by atoms with Crippen molar-refractivity contribution in [3.05, 3.63) is 132 Å². The first-order valence-electron chi connectivity index (χ1n) is 43.0. The van der Waals surface area contributed by atoms with Gasteiger partial charge in [0.1, 0.15) is 72.5 Å². The van der Waals surface area contributed by atoms with Crippen LogP contribution < -0.4 is 109 Å². The molecule has 0 aromatic heterocycles. The number of hydrogen-bond acceptors (Lipinski definition) is 22. The van der Waals surface area contributed by atoms with Crippen molar-refractivity contribution in [1.29, 1.82) is 0 Å². The number of carbonyl (C=O) groups excluding carboxylic acids is 15. The predicted octanol–water partition coefficient (Wildman–Crippen LogP) is -1.87. The van der Waals surface area contributed by atoms with Gasteiger partial charge in [0.05, 0.1) is 25.6 Å². The topological polar surface area (TPSA) is 652 Å². The number of carbonyl (C=O) groups is 16. The molecular formula is C88H130N20O18. The van der Waals surface area contributed by atoms with Crippen LogP contribution in [0.5, 0.6) is 0 Å². The van der Waals surface area contributed by atoms with Gasteiger partial charge in [-0.05, 0) is 167 Å². The zero-order chi connectivity index (χ0) is 93.0. The molecule has 0 saturated heterocycles. The Kier molecular flexibility index (Phi) is 45.8. The normalized spacial score (nSPS) is 14.6. The molecule has 5 aromatic carbocycles. The van der Waals surface area contributed by atoms with Crippen molar-refractivity contribution in [3.8, 4) is 0 Å². The van der Waals surface area contributed by atoms with Gasteiger partial charge >= 0.3 is 5.97 Å². The molecule has 14 atom stereocenters. The Hall–Kier alpha value is -12.1. The lowest BCUT2D eigenvalue weighted by atomic mass is 9.97. The second kappa shape index (κ2) is 55.3. The van der Waals surface area contributed by atoms with Gasteiger partial charge in [-0.15, -0.1) is 0 Å². The number of aliphatic hydroxyl groups excluding tert-OH is 1. The maximum Gasteiger partial charge on any atom is 0.326 e. The van der Waals surface area contributed by atoms with Gasteiger partial charge in [-0.2, -0.15) is 0 Å². The first-order chi connectivity index (χ1) is 60.1. The Bertz CT molecular complexity index is 4450. The summed E-state index contributed by atoms with van der Waals surface area (Å²) >= 11 is 0. The molecule has 126 heavy (non-hydrogen) atoms. The van der Waals surface area contributed by atoms with Crippen LogP contribution >= 0.6 is 0 Å². The number of unbranched alkanes of at least 4 members (excludes halogenated alkanes) is 4. The van der Waals surface area contributed by atoms with Gasteiger partial charge in [-0.25, -0.2) is 4.79 Å². The van der Waals surface area contributed by atoms with E-state index in [4.69, 9.17) is 40.1 Å². The number of fused-ring (bicyclic) bond motifs is 2. The molecule has 38 nitrogen and oxygen atoms in total. The number of hydrogen-bond donors (Lipinski definition) is 22. The van der Waals surface area contributed by atoms with E-state index in [1.807, 2.05) is 26.0 Å². The highest BCUT2D eigenvalue weighted by Crippen LogP contribution is 2.24. The third-order valence-corrected chi connectivity index (χ3v) is 21.3. The number of aliphatic hydroxyl groups is 1. The molecule has 0 spiro atoms. The molecular weight excluding hydrogens is 1630 g/mol. The van der Waals surface area contributed by atoms with Crippen LogP contribution in [0.15, 0.2) is 115 Å². The lowest BCUT2D eigenvalue weighted by molar-refractivity contribution is -0.143. The number of benzene rings is 5. The molecule has 5 aromatic rings. The maximum atomic E-state index is 15.1. The first-order valence-corrected chi connectivity index (χ1v) is 43.0. The molecule has 0 saturated carbocycles. The van der Waals surface area contributed by atoms with E-state index in [-0.39, 0.29) is 83.2 Å². The Morgan fingerprint density at radius 2 is 0.762 bits per heavy atom. The summed E-state index contributed by atoms with van der Waals surface area (Å²) in [7, 11) is 0. The molecule has 15 amide bonds. The summed E-state index contributed by atoms with van der Waals surface area (Å²) in [6.07, 6.45) is 1.34. The third kappa shape index (κ3) is 35.9. The van der Waals surface area contributed by atoms with Crippen LogP contribution in [0.1, 0.15) is 160 Å². The molecule has 38 heteroatoms. The van der Waals surface area contributed by atoms with E-state index in [2.05, 4.69) is 69.1 Å². The van der Waals surface area contributed by atoms with Crippen LogP contribution in [-0.4, -0.2) is 223 Å². The van der Waals surface area contributed by atoms with Crippen molar-refractivity contribution in [2.24, 2.45) is 52.0 Å². The fourth-order valence-electron chi connectivity index (χ4n) is 14.0. The summed E-state index contributed by atoms with van der Waals surface area (Å²) < 4.78 is 0. The van der Waals surface area contributed by atoms with Crippen LogP contribution in [0.25, 0.3) is 21.5 Å². The number of nitrogens with one attached hydrogen (secondary N) is 13. The highest BCUT2D eigenvalue weighted by Gasteiger charge is 2.39. The number of rotatable bonds is 59. The minimum absolute atomic E-state index is 0.0567. The molecule has 690 valence electrons. The SMILES string of the molecule is CCC(C)[C@@H](NC(=O)[C@H](CO)NC(=O)CNC(=O)[C@H](CCCCN)NC(=O)[C@H](Cc1cccc2ccccc12)NC(=O)[C@H](CCCCN)NC(=O)[C@H](C)NC(=O)[C@H](CCC(N)=O)NC(=O)[C@H](Cc1cccc2ccccc12)NC(=O)[C@H](CC(N)=O)NC(=O)[C@H](Cc1ccccc1)NC(=O)[C@@H](CC(C)C)NC(=O)[C@H](N)CCCCN)C(=O)N[C@H](CCCCN)C(=O)O. The molecule has 0 aliphatic rings. The van der Waals surface area contributed by atoms with Crippen molar-refractivity contribution in [1.82, 2.24) is 69.1 Å². The molecule has 0 aliphatic heterocycles. The summed E-state index contributed by atoms with van der Waals surface area (Å²) in [5.74, 6) is -16.1. The van der Waals surface area contributed by atoms with Gasteiger partial charge < -0.3 is 119 Å². The van der Waals surface area contributed by atoms with Crippen LogP contribution in [0.2, 0.25) is 0 Å². The largest absolute Gasteiger partial charge is 0.480 e. The second-order valence-corrected chi connectivity index (χ2v) is 31.9. The number of primary amides is 2. The zero-order valence-electron chi connectivity index (χ0n) is 72.5. The summed E-state index contributed by atoms with van der Waals surface area (Å²) in [5, 5.41) is 56.5. The molecule has 1 unspecified atom stereocenters. The molecule has 5 rings (SSSR count). The smallest absolute Gasteiger partial charge is 0.326 e. The van der Waals surface area contributed by atoms with Gasteiger partial charge in [0.2, 0.25) is 88.6 Å². The Morgan fingerprint density at radius 1 is 0.365 bits per heavy atom. The van der Waals surface area contributed by atoms with Crippen molar-refractivity contribution in [2.75, 3.05) is 39.3 Å². The minimum atomic E-state index is -1.84. The molecule has 0 fully saturated rings. The van der Waals surface area contributed by atoms with Crippen molar-refractivity contribution in [3.63, 3.8) is 0 Å². The van der Waals surface area contributed by atoms with E-state index >= 15 is 9.59 Å². The van der Waals surface area contributed by atoms with E-state index in [1.54, 1.807) is 117 Å². The standard InChI is InChI=1S/C88H130N20O18/c1-6-52(4)75(87(124)102-65(88(125)126)37-17-21-43-92)108-86(123)71(50-109)98-74(112)49-96-78(115)62(35-15-19-41-90)100-83(120)68(46-57-30-22-28-55-26-10-12-32-59(55)57)105-80(117)63(36-16-20-42-91)99-76(113)53(5)97-79(116)64(38-39-72(94)110)101-84(121)69(47-58-31-23-29-56-27-11-13-33-60(56)58)106-85(122)70(48-73(95)111)107-82(119)67(45-54-24-8-7-9-25-54)104-81(118)66(44-51(2)3)103-77(114)61(93)34-14-18-40-89/h7-13,22-33,51-53,61-71,75,109H,6,14-21,34-50,89-93H2,1-5H3,(H2,94,110)(H2,95,111)(H,96,115)(H,97,116)(H,98,112)(H,99,113)(H,100,120)(H,101,121)(H,102,124)(H,103,114)(H,104,118)(H,105,117)(H,106,122)(H,107,119)(H,108,123)(H,125,126)/t52?,53-,61+,62-,63-,64-,65+,66+,67-,68-,69-,70-,71-,75+/m0/s1. The molecule has 0 heterocycles. The predicted molar refractivity (Wildman–Crippen MR) is 473 cm³/mol. The van der Waals surface area contributed by atoms with Gasteiger partial charge in [-0.3, -0.25) is 71.9 Å². The van der Waals surface area contributed by atoms with Crippen molar-refractivity contribution in [2.45, 2.75) is 242 Å². The molecule has 0 bridgehead atoms. The van der Waals surface area contributed by atoms with Crippen molar-refractivity contribution < 1.29 is 86.9 Å². The molecule has 0 radical (unpaired) electrons. The van der Waals surface area contributed by atoms with Crippen LogP contribution in [0, 0.1) is 11.8 Å². The number of carboxylic acid groups (broad SMARTS) is 1. The third-order valence-electron chi connectivity index (χ3n) is 21.3. The van der Waals surface area contributed by atoms with Crippen LogP contribution in [0.3, 0.4) is 0 Å². The Labute approximate surface area is 733 Å². The fraction of sp³-hybridized carbons (Fsp3) is 0.523. The number of carboxylic acids is 1. The average molecular weight is 1760 g/mol. The van der Waals surface area contributed by atoms with Gasteiger partial charge in [0.15, 0.2) is 0 Å². The monoisotopic (exact) mass is 1750 g/mol. The quantitative estimate of drug-likeness (QED) is 0.0190. The van der Waals surface area contributed by atoms with E-state index in [1.165, 1.54) is 6.92 Å². The maximum absolute atomic E-state index is 15.1. The van der Waals surface area contributed by atoms with E-state index in [0.717, 1.165) is 10.8 Å². The lowest BCUT2D eigenvalue weighted by Gasteiger charge is -2.28. The van der Waals surface area contributed by atoms with Gasteiger partial charge in [0, 0.05) is 25.7 Å². The Morgan fingerprint density at radius 3 is 1.25 bits per heavy atom. The van der Waals surface area contributed by atoms with Gasteiger partial charge in [0.25, 0.3) is 0 Å².